The van der Waals surface area contributed by atoms with Gasteiger partial charge in [-0.15, -0.1) is 0 Å². The Balaban J connectivity index is 1.44. The van der Waals surface area contributed by atoms with Crippen LogP contribution in [0.5, 0.6) is 0 Å². The number of fused-ring (bicyclic) bond motifs is 1. The van der Waals surface area contributed by atoms with Crippen LogP contribution < -0.4 is 0 Å². The van der Waals surface area contributed by atoms with Crippen LogP contribution in [0.15, 0.2) is 79.1 Å². The van der Waals surface area contributed by atoms with E-state index in [0.29, 0.717) is 0 Å². The third-order valence-electron chi connectivity index (χ3n) is 4.50. The summed E-state index contributed by atoms with van der Waals surface area (Å²) < 4.78 is 0. The third-order valence-corrected chi connectivity index (χ3v) is 4.50. The molecule has 0 amide bonds. The van der Waals surface area contributed by atoms with Crippen LogP contribution in [0.4, 0.5) is 0 Å². The van der Waals surface area contributed by atoms with Crippen LogP contribution in [-0.4, -0.2) is 9.97 Å². The second kappa shape index (κ2) is 6.71. The van der Waals surface area contributed by atoms with Crippen molar-refractivity contribution in [1.29, 1.82) is 0 Å². The van der Waals surface area contributed by atoms with Crippen molar-refractivity contribution in [1.82, 2.24) is 9.97 Å². The van der Waals surface area contributed by atoms with Gasteiger partial charge in [0.1, 0.15) is 5.65 Å². The van der Waals surface area contributed by atoms with Crippen molar-refractivity contribution >= 4 is 11.0 Å². The minimum absolute atomic E-state index is 0.935. The summed E-state index contributed by atoms with van der Waals surface area (Å²) in [6, 6.07) is 23.8. The van der Waals surface area contributed by atoms with Gasteiger partial charge in [0, 0.05) is 17.8 Å². The highest BCUT2D eigenvalue weighted by molar-refractivity contribution is 5.79. The first-order chi connectivity index (χ1) is 11.9. The smallest absolute Gasteiger partial charge is 0.137 e. The molecule has 2 aromatic heterocycles. The van der Waals surface area contributed by atoms with Crippen LogP contribution in [-0.2, 0) is 19.3 Å². The molecule has 0 aliphatic rings. The summed E-state index contributed by atoms with van der Waals surface area (Å²) in [6.45, 7) is 0. The van der Waals surface area contributed by atoms with Crippen LogP contribution >= 0.6 is 0 Å². The lowest BCUT2D eigenvalue weighted by Crippen LogP contribution is -1.92. The van der Waals surface area contributed by atoms with Gasteiger partial charge in [-0.1, -0.05) is 54.6 Å². The third kappa shape index (κ3) is 3.23. The van der Waals surface area contributed by atoms with E-state index in [0.717, 1.165) is 24.9 Å². The molecule has 0 saturated carbocycles. The van der Waals surface area contributed by atoms with E-state index in [9.17, 15) is 0 Å². The maximum atomic E-state index is 4.36. The number of hydrogen-bond donors (Lipinski definition) is 1. The second-order valence-electron chi connectivity index (χ2n) is 6.19. The predicted octanol–water partition coefficient (Wildman–Crippen LogP) is 4.94. The molecule has 1 N–H and O–H groups in total. The van der Waals surface area contributed by atoms with Crippen LogP contribution in [0.25, 0.3) is 11.0 Å². The van der Waals surface area contributed by atoms with Crippen molar-refractivity contribution < 1.29 is 0 Å². The number of H-pyrrole nitrogens is 1. The molecular weight excluding hydrogens is 292 g/mol. The molecule has 0 fully saturated rings. The molecular formula is C22H20N2. The Morgan fingerprint density at radius 1 is 0.708 bits per heavy atom. The molecule has 0 aliphatic heterocycles. The van der Waals surface area contributed by atoms with Gasteiger partial charge in [-0.25, -0.2) is 4.98 Å². The minimum Gasteiger partial charge on any atom is -0.346 e. The quantitative estimate of drug-likeness (QED) is 0.555. The minimum atomic E-state index is 0.935. The zero-order valence-corrected chi connectivity index (χ0v) is 13.6. The van der Waals surface area contributed by atoms with Crippen LogP contribution in [0.1, 0.15) is 22.3 Å². The van der Waals surface area contributed by atoms with Crippen molar-refractivity contribution in [2.24, 2.45) is 0 Å². The van der Waals surface area contributed by atoms with Gasteiger partial charge in [0.25, 0.3) is 0 Å². The molecule has 0 unspecified atom stereocenters. The van der Waals surface area contributed by atoms with Gasteiger partial charge in [0.05, 0.1) is 0 Å². The number of hydrogen-bond acceptors (Lipinski definition) is 1. The van der Waals surface area contributed by atoms with E-state index in [1.165, 1.54) is 27.6 Å². The van der Waals surface area contributed by atoms with Gasteiger partial charge in [0.15, 0.2) is 0 Å². The van der Waals surface area contributed by atoms with Crippen molar-refractivity contribution in [3.63, 3.8) is 0 Å². The number of aromatic amines is 1. The lowest BCUT2D eigenvalue weighted by atomic mass is 10.0. The summed E-state index contributed by atoms with van der Waals surface area (Å²) in [7, 11) is 0. The number of rotatable bonds is 5. The van der Waals surface area contributed by atoms with E-state index in [1.807, 2.05) is 12.3 Å². The fourth-order valence-corrected chi connectivity index (χ4v) is 3.14. The van der Waals surface area contributed by atoms with Gasteiger partial charge in [-0.2, -0.15) is 0 Å². The molecule has 4 rings (SSSR count). The largest absolute Gasteiger partial charge is 0.346 e. The number of pyridine rings is 1. The topological polar surface area (TPSA) is 28.7 Å². The summed E-state index contributed by atoms with van der Waals surface area (Å²) in [5.74, 6) is 0. The zero-order chi connectivity index (χ0) is 16.2. The maximum absolute atomic E-state index is 4.36. The fraction of sp³-hybridized carbons (Fsp3) is 0.136. The van der Waals surface area contributed by atoms with E-state index in [4.69, 9.17) is 0 Å². The number of benzene rings is 2. The monoisotopic (exact) mass is 312 g/mol. The number of nitrogens with one attached hydrogen (secondary N) is 1. The summed E-state index contributed by atoms with van der Waals surface area (Å²) in [4.78, 5) is 7.60. The van der Waals surface area contributed by atoms with Gasteiger partial charge in [-0.05, 0) is 53.6 Å². The van der Waals surface area contributed by atoms with E-state index < -0.39 is 0 Å². The molecule has 2 nitrogen and oxygen atoms in total. The Morgan fingerprint density at radius 3 is 2.21 bits per heavy atom. The SMILES string of the molecule is c1ccc(CCc2ccc(Cc3c[nH]c4ncccc34)cc2)cc1. The predicted molar refractivity (Wildman–Crippen MR) is 99.2 cm³/mol. The van der Waals surface area contributed by atoms with Gasteiger partial charge in [0.2, 0.25) is 0 Å². The molecule has 0 atom stereocenters. The molecule has 118 valence electrons. The van der Waals surface area contributed by atoms with Gasteiger partial charge < -0.3 is 4.98 Å². The summed E-state index contributed by atoms with van der Waals surface area (Å²) in [5.41, 5.74) is 6.39. The molecule has 4 aromatic rings. The van der Waals surface area contributed by atoms with Crippen molar-refractivity contribution in [2.75, 3.05) is 0 Å². The summed E-state index contributed by atoms with van der Waals surface area (Å²) in [5, 5.41) is 1.21. The molecule has 0 spiro atoms. The zero-order valence-electron chi connectivity index (χ0n) is 13.6. The summed E-state index contributed by atoms with van der Waals surface area (Å²) in [6.07, 6.45) is 7.01. The molecule has 0 bridgehead atoms. The average molecular weight is 312 g/mol. The molecule has 24 heavy (non-hydrogen) atoms. The molecule has 0 radical (unpaired) electrons. The van der Waals surface area contributed by atoms with Crippen LogP contribution in [0.3, 0.4) is 0 Å². The van der Waals surface area contributed by atoms with Crippen LogP contribution in [0, 0.1) is 0 Å². The van der Waals surface area contributed by atoms with E-state index in [2.05, 4.69) is 76.8 Å². The highest BCUT2D eigenvalue weighted by Gasteiger charge is 2.05. The second-order valence-corrected chi connectivity index (χ2v) is 6.19. The number of aryl methyl sites for hydroxylation is 2. The lowest BCUT2D eigenvalue weighted by Gasteiger charge is -2.05. The van der Waals surface area contributed by atoms with E-state index in [-0.39, 0.29) is 0 Å². The van der Waals surface area contributed by atoms with Gasteiger partial charge >= 0.3 is 0 Å². The molecule has 2 heterocycles. The molecule has 0 aliphatic carbocycles. The first-order valence-electron chi connectivity index (χ1n) is 8.41. The van der Waals surface area contributed by atoms with Crippen molar-refractivity contribution in [3.05, 3.63) is 101 Å². The first kappa shape index (κ1) is 14.7. The maximum Gasteiger partial charge on any atom is 0.137 e. The number of aromatic nitrogens is 2. The highest BCUT2D eigenvalue weighted by atomic mass is 14.8. The fourth-order valence-electron chi connectivity index (χ4n) is 3.14. The highest BCUT2D eigenvalue weighted by Crippen LogP contribution is 2.19. The van der Waals surface area contributed by atoms with Crippen molar-refractivity contribution in [2.45, 2.75) is 19.3 Å². The standard InChI is InChI=1S/C22H20N2/c1-2-5-17(6-3-1)8-9-18-10-12-19(13-11-18)15-20-16-24-22-21(20)7-4-14-23-22/h1-7,10-14,16H,8-9,15H2,(H,23,24). The van der Waals surface area contributed by atoms with E-state index >= 15 is 0 Å². The molecule has 0 saturated heterocycles. The lowest BCUT2D eigenvalue weighted by molar-refractivity contribution is 0.958. The molecule has 2 aromatic carbocycles. The Bertz CT molecular complexity index is 921. The first-order valence-corrected chi connectivity index (χ1v) is 8.41. The number of nitrogens with zero attached hydrogens (tertiary/aromatic N) is 1. The van der Waals surface area contributed by atoms with E-state index in [1.54, 1.807) is 0 Å². The van der Waals surface area contributed by atoms with Gasteiger partial charge in [-0.3, -0.25) is 0 Å². The van der Waals surface area contributed by atoms with Crippen molar-refractivity contribution in [3.8, 4) is 0 Å². The summed E-state index contributed by atoms with van der Waals surface area (Å²) >= 11 is 0. The average Bonchev–Trinajstić information content (AvgIpc) is 3.05. The Morgan fingerprint density at radius 2 is 1.42 bits per heavy atom. The normalized spacial score (nSPS) is 11.0. The Labute approximate surface area is 142 Å². The molecule has 2 heteroatoms. The van der Waals surface area contributed by atoms with Crippen LogP contribution in [0.2, 0.25) is 0 Å². The Hall–Kier alpha value is -2.87. The Kier molecular flexibility index (Phi) is 4.11.